The second-order valence-electron chi connectivity index (χ2n) is 5.01. The van der Waals surface area contributed by atoms with Crippen LogP contribution in [0.3, 0.4) is 0 Å². The Balaban J connectivity index is 2.10. The SMILES string of the molecule is COCC(NCc1ccccc1)(C(=O)OC)C1CC1. The molecule has 0 radical (unpaired) electrons. The van der Waals surface area contributed by atoms with Crippen molar-refractivity contribution in [1.82, 2.24) is 5.32 Å². The minimum Gasteiger partial charge on any atom is -0.468 e. The van der Waals surface area contributed by atoms with Crippen LogP contribution in [0, 0.1) is 5.92 Å². The average Bonchev–Trinajstić information content (AvgIpc) is 3.28. The zero-order chi connectivity index (χ0) is 13.7. The Hall–Kier alpha value is -1.39. The Labute approximate surface area is 114 Å². The molecule has 1 aliphatic rings. The van der Waals surface area contributed by atoms with Crippen LogP contribution in [0.15, 0.2) is 30.3 Å². The van der Waals surface area contributed by atoms with Crippen molar-refractivity contribution < 1.29 is 14.3 Å². The van der Waals surface area contributed by atoms with Crippen LogP contribution in [0.25, 0.3) is 0 Å². The third kappa shape index (κ3) is 3.14. The number of ether oxygens (including phenoxy) is 2. The molecule has 1 atom stereocenters. The van der Waals surface area contributed by atoms with Crippen molar-refractivity contribution in [3.8, 4) is 0 Å². The van der Waals surface area contributed by atoms with Crippen LogP contribution in [0.2, 0.25) is 0 Å². The van der Waals surface area contributed by atoms with Crippen LogP contribution in [0.5, 0.6) is 0 Å². The van der Waals surface area contributed by atoms with Gasteiger partial charge in [-0.05, 0) is 24.3 Å². The van der Waals surface area contributed by atoms with Gasteiger partial charge in [-0.15, -0.1) is 0 Å². The molecule has 1 unspecified atom stereocenters. The first kappa shape index (κ1) is 14.0. The lowest BCUT2D eigenvalue weighted by molar-refractivity contribution is -0.152. The minimum atomic E-state index is -0.709. The second kappa shape index (κ2) is 6.17. The second-order valence-corrected chi connectivity index (χ2v) is 5.01. The van der Waals surface area contributed by atoms with E-state index in [4.69, 9.17) is 9.47 Å². The zero-order valence-corrected chi connectivity index (χ0v) is 11.5. The van der Waals surface area contributed by atoms with Gasteiger partial charge in [-0.1, -0.05) is 30.3 Å². The Kier molecular flexibility index (Phi) is 4.56. The molecule has 1 N–H and O–H groups in total. The number of hydrogen-bond donors (Lipinski definition) is 1. The highest BCUT2D eigenvalue weighted by Gasteiger charge is 2.51. The molecule has 0 spiro atoms. The van der Waals surface area contributed by atoms with E-state index in [2.05, 4.69) is 5.32 Å². The predicted octanol–water partition coefficient (Wildman–Crippen LogP) is 1.74. The molecule has 1 aromatic rings. The third-order valence-corrected chi connectivity index (χ3v) is 3.65. The quantitative estimate of drug-likeness (QED) is 0.761. The number of rotatable bonds is 7. The highest BCUT2D eigenvalue weighted by molar-refractivity contribution is 5.82. The molecule has 104 valence electrons. The molecule has 0 aromatic heterocycles. The van der Waals surface area contributed by atoms with Crippen LogP contribution in [0.1, 0.15) is 18.4 Å². The van der Waals surface area contributed by atoms with E-state index in [9.17, 15) is 4.79 Å². The zero-order valence-electron chi connectivity index (χ0n) is 11.5. The highest BCUT2D eigenvalue weighted by Crippen LogP contribution is 2.40. The molecule has 1 fully saturated rings. The lowest BCUT2D eigenvalue weighted by atomic mass is 9.93. The van der Waals surface area contributed by atoms with Gasteiger partial charge in [-0.25, -0.2) is 4.79 Å². The van der Waals surface area contributed by atoms with Gasteiger partial charge in [0, 0.05) is 13.7 Å². The Morgan fingerprint density at radius 1 is 1.32 bits per heavy atom. The number of benzene rings is 1. The van der Waals surface area contributed by atoms with E-state index in [0.29, 0.717) is 19.1 Å². The summed E-state index contributed by atoms with van der Waals surface area (Å²) in [7, 11) is 3.05. The van der Waals surface area contributed by atoms with Crippen molar-refractivity contribution in [1.29, 1.82) is 0 Å². The van der Waals surface area contributed by atoms with Crippen molar-refractivity contribution in [2.45, 2.75) is 24.9 Å². The monoisotopic (exact) mass is 263 g/mol. The van der Waals surface area contributed by atoms with Crippen molar-refractivity contribution >= 4 is 5.97 Å². The molecule has 0 bridgehead atoms. The summed E-state index contributed by atoms with van der Waals surface area (Å²) in [6, 6.07) is 10.0. The maximum absolute atomic E-state index is 12.2. The van der Waals surface area contributed by atoms with Gasteiger partial charge in [-0.3, -0.25) is 5.32 Å². The van der Waals surface area contributed by atoms with Crippen LogP contribution in [0.4, 0.5) is 0 Å². The summed E-state index contributed by atoms with van der Waals surface area (Å²) in [4.78, 5) is 12.2. The fraction of sp³-hybridized carbons (Fsp3) is 0.533. The third-order valence-electron chi connectivity index (χ3n) is 3.65. The lowest BCUT2D eigenvalue weighted by Crippen LogP contribution is -2.57. The standard InChI is InChI=1S/C15H21NO3/c1-18-11-15(13-8-9-13,14(17)19-2)16-10-12-6-4-3-5-7-12/h3-7,13,16H,8-11H2,1-2H3. The van der Waals surface area contributed by atoms with Gasteiger partial charge in [-0.2, -0.15) is 0 Å². The smallest absolute Gasteiger partial charge is 0.328 e. The summed E-state index contributed by atoms with van der Waals surface area (Å²) in [5.41, 5.74) is 0.437. The van der Waals surface area contributed by atoms with Gasteiger partial charge < -0.3 is 9.47 Å². The topological polar surface area (TPSA) is 47.6 Å². The number of methoxy groups -OCH3 is 2. The summed E-state index contributed by atoms with van der Waals surface area (Å²) in [6.07, 6.45) is 2.08. The fourth-order valence-electron chi connectivity index (χ4n) is 2.45. The molecule has 19 heavy (non-hydrogen) atoms. The Morgan fingerprint density at radius 2 is 2.00 bits per heavy atom. The molecular weight excluding hydrogens is 242 g/mol. The van der Waals surface area contributed by atoms with E-state index in [-0.39, 0.29) is 5.97 Å². The minimum absolute atomic E-state index is 0.229. The first-order valence-electron chi connectivity index (χ1n) is 6.59. The maximum Gasteiger partial charge on any atom is 0.328 e. The summed E-state index contributed by atoms with van der Waals surface area (Å²) in [6.45, 7) is 0.979. The molecule has 4 heteroatoms. The molecule has 0 amide bonds. The van der Waals surface area contributed by atoms with E-state index in [1.807, 2.05) is 30.3 Å². The molecule has 4 nitrogen and oxygen atoms in total. The van der Waals surface area contributed by atoms with Gasteiger partial charge in [0.05, 0.1) is 13.7 Å². The number of carbonyl (C=O) groups excluding carboxylic acids is 1. The molecule has 2 rings (SSSR count). The normalized spacial score (nSPS) is 17.8. The van der Waals surface area contributed by atoms with Gasteiger partial charge in [0.25, 0.3) is 0 Å². The van der Waals surface area contributed by atoms with E-state index in [1.165, 1.54) is 7.11 Å². The molecule has 0 heterocycles. The lowest BCUT2D eigenvalue weighted by Gasteiger charge is -2.31. The van der Waals surface area contributed by atoms with E-state index in [0.717, 1.165) is 18.4 Å². The summed E-state index contributed by atoms with van der Waals surface area (Å²) in [5.74, 6) is 0.0800. The van der Waals surface area contributed by atoms with Crippen LogP contribution in [-0.2, 0) is 20.8 Å². The Bertz CT molecular complexity index is 417. The molecule has 1 saturated carbocycles. The molecule has 0 saturated heterocycles. The number of hydrogen-bond acceptors (Lipinski definition) is 4. The van der Waals surface area contributed by atoms with Crippen LogP contribution >= 0.6 is 0 Å². The molecule has 1 aromatic carbocycles. The van der Waals surface area contributed by atoms with Gasteiger partial charge in [0.1, 0.15) is 5.54 Å². The molecular formula is C15H21NO3. The largest absolute Gasteiger partial charge is 0.468 e. The first-order valence-corrected chi connectivity index (χ1v) is 6.59. The maximum atomic E-state index is 12.2. The number of esters is 1. The predicted molar refractivity (Wildman–Crippen MR) is 72.6 cm³/mol. The van der Waals surface area contributed by atoms with E-state index < -0.39 is 5.54 Å². The summed E-state index contributed by atoms with van der Waals surface area (Å²) < 4.78 is 10.2. The summed E-state index contributed by atoms with van der Waals surface area (Å²) in [5, 5.41) is 3.36. The van der Waals surface area contributed by atoms with E-state index in [1.54, 1.807) is 7.11 Å². The molecule has 0 aliphatic heterocycles. The van der Waals surface area contributed by atoms with Gasteiger partial charge >= 0.3 is 5.97 Å². The van der Waals surface area contributed by atoms with Crippen molar-refractivity contribution in [2.24, 2.45) is 5.92 Å². The van der Waals surface area contributed by atoms with Crippen molar-refractivity contribution in [2.75, 3.05) is 20.8 Å². The van der Waals surface area contributed by atoms with Crippen molar-refractivity contribution in [3.05, 3.63) is 35.9 Å². The average molecular weight is 263 g/mol. The Morgan fingerprint density at radius 3 is 2.53 bits per heavy atom. The highest BCUT2D eigenvalue weighted by atomic mass is 16.5. The van der Waals surface area contributed by atoms with Gasteiger partial charge in [0.2, 0.25) is 0 Å². The molecule has 1 aliphatic carbocycles. The fourth-order valence-corrected chi connectivity index (χ4v) is 2.45. The van der Waals surface area contributed by atoms with Gasteiger partial charge in [0.15, 0.2) is 0 Å². The van der Waals surface area contributed by atoms with Crippen LogP contribution < -0.4 is 5.32 Å². The first-order chi connectivity index (χ1) is 9.23. The van der Waals surface area contributed by atoms with Crippen LogP contribution in [-0.4, -0.2) is 32.3 Å². The van der Waals surface area contributed by atoms with E-state index >= 15 is 0 Å². The van der Waals surface area contributed by atoms with Crippen molar-refractivity contribution in [3.63, 3.8) is 0 Å². The summed E-state index contributed by atoms with van der Waals surface area (Å²) >= 11 is 0. The number of carbonyl (C=O) groups is 1. The number of nitrogens with one attached hydrogen (secondary N) is 1.